The molecule has 1 unspecified atom stereocenters. The molecule has 0 aromatic heterocycles. The minimum atomic E-state index is -1.11. The summed E-state index contributed by atoms with van der Waals surface area (Å²) in [5.41, 5.74) is 0.539. The van der Waals surface area contributed by atoms with Gasteiger partial charge in [0.1, 0.15) is 12.1 Å². The summed E-state index contributed by atoms with van der Waals surface area (Å²) in [6.45, 7) is 9.23. The smallest absolute Gasteiger partial charge is 0.480 e. The average Bonchev–Trinajstić information content (AvgIpc) is 2.77. The zero-order valence-corrected chi connectivity index (χ0v) is 20.4. The van der Waals surface area contributed by atoms with Crippen LogP contribution in [0, 0.1) is 5.92 Å². The summed E-state index contributed by atoms with van der Waals surface area (Å²) in [6.07, 6.45) is -0.414. The van der Waals surface area contributed by atoms with Gasteiger partial charge in [0.05, 0.1) is 6.61 Å². The Labute approximate surface area is 199 Å². The van der Waals surface area contributed by atoms with E-state index < -0.39 is 36.2 Å². The first-order valence-corrected chi connectivity index (χ1v) is 11.4. The molecule has 0 aliphatic heterocycles. The lowest BCUT2D eigenvalue weighted by molar-refractivity contribution is -0.139. The molecule has 0 bridgehead atoms. The van der Waals surface area contributed by atoms with Crippen molar-refractivity contribution >= 4 is 24.1 Å². The maximum Gasteiger partial charge on any atom is 0.508 e. The third kappa shape index (κ3) is 11.1. The minimum absolute atomic E-state index is 0.0381. The molecule has 0 heterocycles. The van der Waals surface area contributed by atoms with Crippen molar-refractivity contribution in [2.45, 2.75) is 72.4 Å². The monoisotopic (exact) mass is 481 g/mol. The summed E-state index contributed by atoms with van der Waals surface area (Å²) < 4.78 is 20.6. The third-order valence-corrected chi connectivity index (χ3v) is 4.64. The van der Waals surface area contributed by atoms with Crippen molar-refractivity contribution in [3.8, 4) is 11.5 Å². The van der Waals surface area contributed by atoms with Crippen LogP contribution in [0.25, 0.3) is 0 Å². The summed E-state index contributed by atoms with van der Waals surface area (Å²) >= 11 is 0. The molecule has 10 nitrogen and oxygen atoms in total. The zero-order chi connectivity index (χ0) is 25.7. The maximum atomic E-state index is 11.8. The van der Waals surface area contributed by atoms with E-state index in [0.29, 0.717) is 11.5 Å². The lowest BCUT2D eigenvalue weighted by atomic mass is 10.0. The van der Waals surface area contributed by atoms with Gasteiger partial charge in [-0.15, -0.1) is 0 Å². The van der Waals surface area contributed by atoms with Gasteiger partial charge in [-0.05, 0) is 43.4 Å². The van der Waals surface area contributed by atoms with E-state index in [1.807, 2.05) is 13.8 Å². The number of hydrogen-bond acceptors (Lipinski definition) is 9. The number of carboxylic acids is 1. The van der Waals surface area contributed by atoms with Crippen LogP contribution in [-0.2, 0) is 30.3 Å². The van der Waals surface area contributed by atoms with E-state index in [4.69, 9.17) is 18.9 Å². The topological polar surface area (TPSA) is 137 Å². The highest BCUT2D eigenvalue weighted by atomic mass is 16.7. The standard InChI is InChI=1S/C24H35NO9/c1-6-21(26)33-19-9-8-17(13-20(19)34-22(27)7-2)12-18(23(28)29)25-14-16(5)32-24(30)31-11-10-15(3)4/h8-9,13,15-16,18,25H,6-7,10-12,14H2,1-5H3,(H,28,29)/t16?,18-/m0/s1. The Kier molecular flexibility index (Phi) is 12.7. The molecule has 1 aromatic carbocycles. The molecule has 190 valence electrons. The fourth-order valence-electron chi connectivity index (χ4n) is 2.64. The molecule has 0 aliphatic rings. The molecule has 10 heteroatoms. The molecule has 0 saturated carbocycles. The fraction of sp³-hybridized carbons (Fsp3) is 0.583. The number of carbonyl (C=O) groups excluding carboxylic acids is 3. The molecule has 2 N–H and O–H groups in total. The van der Waals surface area contributed by atoms with Gasteiger partial charge < -0.3 is 29.4 Å². The van der Waals surface area contributed by atoms with Gasteiger partial charge in [0, 0.05) is 19.4 Å². The van der Waals surface area contributed by atoms with Crippen molar-refractivity contribution in [2.24, 2.45) is 5.92 Å². The van der Waals surface area contributed by atoms with Gasteiger partial charge in [-0.2, -0.15) is 0 Å². The fourth-order valence-corrected chi connectivity index (χ4v) is 2.64. The van der Waals surface area contributed by atoms with Crippen LogP contribution in [0.5, 0.6) is 11.5 Å². The van der Waals surface area contributed by atoms with Gasteiger partial charge in [0.25, 0.3) is 0 Å². The average molecular weight is 482 g/mol. The lowest BCUT2D eigenvalue weighted by Gasteiger charge is -2.19. The van der Waals surface area contributed by atoms with Crippen molar-refractivity contribution in [3.63, 3.8) is 0 Å². The van der Waals surface area contributed by atoms with Crippen LogP contribution >= 0.6 is 0 Å². The third-order valence-electron chi connectivity index (χ3n) is 4.64. The number of hydrogen-bond donors (Lipinski definition) is 2. The number of ether oxygens (including phenoxy) is 4. The van der Waals surface area contributed by atoms with Crippen LogP contribution in [-0.4, -0.2) is 54.5 Å². The highest BCUT2D eigenvalue weighted by Gasteiger charge is 2.21. The van der Waals surface area contributed by atoms with E-state index in [1.165, 1.54) is 12.1 Å². The Bertz CT molecular complexity index is 838. The molecular weight excluding hydrogens is 446 g/mol. The predicted molar refractivity (Wildman–Crippen MR) is 123 cm³/mol. The number of nitrogens with one attached hydrogen (secondary N) is 1. The molecule has 2 atom stereocenters. The molecular formula is C24H35NO9. The van der Waals surface area contributed by atoms with Gasteiger partial charge in [0.2, 0.25) is 0 Å². The second kappa shape index (κ2) is 14.9. The van der Waals surface area contributed by atoms with Crippen molar-refractivity contribution < 1.29 is 43.2 Å². The van der Waals surface area contributed by atoms with E-state index in [0.717, 1.165) is 6.42 Å². The summed E-state index contributed by atoms with van der Waals surface area (Å²) in [4.78, 5) is 46.9. The normalized spacial score (nSPS) is 12.5. The first kappa shape index (κ1) is 28.9. The number of esters is 2. The molecule has 34 heavy (non-hydrogen) atoms. The van der Waals surface area contributed by atoms with E-state index in [2.05, 4.69) is 5.32 Å². The van der Waals surface area contributed by atoms with Crippen LogP contribution in [0.2, 0.25) is 0 Å². The van der Waals surface area contributed by atoms with E-state index in [9.17, 15) is 24.3 Å². The van der Waals surface area contributed by atoms with Crippen molar-refractivity contribution in [1.82, 2.24) is 5.32 Å². The van der Waals surface area contributed by atoms with Crippen LogP contribution in [0.1, 0.15) is 59.4 Å². The number of aliphatic carboxylic acids is 1. The number of benzene rings is 1. The summed E-state index contributed by atoms with van der Waals surface area (Å²) in [5, 5.41) is 12.5. The largest absolute Gasteiger partial charge is 0.508 e. The molecule has 0 amide bonds. The summed E-state index contributed by atoms with van der Waals surface area (Å²) in [7, 11) is 0. The van der Waals surface area contributed by atoms with Crippen LogP contribution in [0.4, 0.5) is 4.79 Å². The Morgan fingerprint density at radius 1 is 0.971 bits per heavy atom. The molecule has 1 rings (SSSR count). The quantitative estimate of drug-likeness (QED) is 0.300. The number of carbonyl (C=O) groups is 4. The van der Waals surface area contributed by atoms with E-state index in [1.54, 1.807) is 26.8 Å². The molecule has 0 fully saturated rings. The highest BCUT2D eigenvalue weighted by molar-refractivity contribution is 5.76. The SMILES string of the molecule is CCC(=O)Oc1ccc(C[C@H](NCC(C)OC(=O)OCCC(C)C)C(=O)O)cc1OC(=O)CC. The van der Waals surface area contributed by atoms with Gasteiger partial charge in [-0.1, -0.05) is 33.8 Å². The Hall–Kier alpha value is -3.14. The van der Waals surface area contributed by atoms with Crippen molar-refractivity contribution in [3.05, 3.63) is 23.8 Å². The lowest BCUT2D eigenvalue weighted by Crippen LogP contribution is -2.42. The van der Waals surface area contributed by atoms with Gasteiger partial charge in [0.15, 0.2) is 11.5 Å². The van der Waals surface area contributed by atoms with Crippen LogP contribution < -0.4 is 14.8 Å². The number of carboxylic acid groups (broad SMARTS) is 1. The van der Waals surface area contributed by atoms with Crippen molar-refractivity contribution in [1.29, 1.82) is 0 Å². The maximum absolute atomic E-state index is 11.8. The van der Waals surface area contributed by atoms with Gasteiger partial charge >= 0.3 is 24.1 Å². The van der Waals surface area contributed by atoms with Crippen LogP contribution in [0.3, 0.4) is 0 Å². The zero-order valence-electron chi connectivity index (χ0n) is 20.4. The molecule has 0 aliphatic carbocycles. The Balaban J connectivity index is 2.79. The second-order valence-electron chi connectivity index (χ2n) is 8.15. The van der Waals surface area contributed by atoms with Crippen LogP contribution in [0.15, 0.2) is 18.2 Å². The summed E-state index contributed by atoms with van der Waals surface area (Å²) in [6, 6.07) is 3.50. The van der Waals surface area contributed by atoms with Gasteiger partial charge in [-0.25, -0.2) is 4.79 Å². The van der Waals surface area contributed by atoms with E-state index in [-0.39, 0.29) is 43.9 Å². The van der Waals surface area contributed by atoms with Gasteiger partial charge in [-0.3, -0.25) is 14.4 Å². The first-order valence-electron chi connectivity index (χ1n) is 11.4. The number of rotatable bonds is 14. The molecule has 1 aromatic rings. The predicted octanol–water partition coefficient (Wildman–Crippen LogP) is 3.49. The highest BCUT2D eigenvalue weighted by Crippen LogP contribution is 2.30. The Morgan fingerprint density at radius 3 is 2.15 bits per heavy atom. The second-order valence-corrected chi connectivity index (χ2v) is 8.15. The molecule has 0 radical (unpaired) electrons. The Morgan fingerprint density at radius 2 is 1.59 bits per heavy atom. The van der Waals surface area contributed by atoms with Crippen molar-refractivity contribution in [2.75, 3.05) is 13.2 Å². The minimum Gasteiger partial charge on any atom is -0.480 e. The molecule has 0 spiro atoms. The molecule has 0 saturated heterocycles. The first-order chi connectivity index (χ1) is 16.0. The summed E-state index contributed by atoms with van der Waals surface area (Å²) in [5.74, 6) is -1.62. The van der Waals surface area contributed by atoms with E-state index >= 15 is 0 Å².